The van der Waals surface area contributed by atoms with Crippen LogP contribution in [0, 0.1) is 12.7 Å². The number of hydrogen-bond acceptors (Lipinski definition) is 6. The Kier molecular flexibility index (Phi) is 6.58. The van der Waals surface area contributed by atoms with Gasteiger partial charge in [-0.3, -0.25) is 9.59 Å². The van der Waals surface area contributed by atoms with Gasteiger partial charge in [-0.1, -0.05) is 6.42 Å². The van der Waals surface area contributed by atoms with Crippen LogP contribution >= 0.6 is 0 Å². The predicted molar refractivity (Wildman–Crippen MR) is 122 cm³/mol. The summed E-state index contributed by atoms with van der Waals surface area (Å²) < 4.78 is 21.4. The van der Waals surface area contributed by atoms with Crippen molar-refractivity contribution in [3.05, 3.63) is 52.4 Å². The SMILES string of the molecule is COC(=O)c1c(CC(=O)Nc2cc(-c3nnc4n3CCCCC4)ccc2F)[nH]c(C(C)=O)c1C. The summed E-state index contributed by atoms with van der Waals surface area (Å²) in [4.78, 5) is 39.8. The van der Waals surface area contributed by atoms with Gasteiger partial charge in [-0.2, -0.15) is 0 Å². The van der Waals surface area contributed by atoms with Crippen LogP contribution < -0.4 is 5.32 Å². The lowest BCUT2D eigenvalue weighted by Gasteiger charge is -2.11. The van der Waals surface area contributed by atoms with Crippen LogP contribution in [-0.4, -0.2) is 44.5 Å². The number of aryl methyl sites for hydroxylation is 1. The fourth-order valence-corrected chi connectivity index (χ4v) is 4.34. The number of carbonyl (C=O) groups excluding carboxylic acids is 3. The van der Waals surface area contributed by atoms with Gasteiger partial charge < -0.3 is 19.6 Å². The molecule has 4 rings (SSSR count). The predicted octanol–water partition coefficient (Wildman–Crippen LogP) is 3.62. The van der Waals surface area contributed by atoms with Gasteiger partial charge in [0.1, 0.15) is 11.6 Å². The molecule has 0 saturated carbocycles. The van der Waals surface area contributed by atoms with Gasteiger partial charge in [0.15, 0.2) is 11.6 Å². The number of halogens is 1. The quantitative estimate of drug-likeness (QED) is 0.422. The number of amides is 1. The third-order valence-electron chi connectivity index (χ3n) is 6.01. The van der Waals surface area contributed by atoms with E-state index in [0.717, 1.165) is 38.1 Å². The van der Waals surface area contributed by atoms with Crippen LogP contribution in [0.15, 0.2) is 18.2 Å². The van der Waals surface area contributed by atoms with E-state index in [9.17, 15) is 18.8 Å². The molecule has 34 heavy (non-hydrogen) atoms. The fourth-order valence-electron chi connectivity index (χ4n) is 4.34. The van der Waals surface area contributed by atoms with Crippen LogP contribution in [0.25, 0.3) is 11.4 Å². The molecular weight excluding hydrogens is 441 g/mol. The minimum atomic E-state index is -0.662. The summed E-state index contributed by atoms with van der Waals surface area (Å²) in [7, 11) is 1.22. The first-order chi connectivity index (χ1) is 16.3. The highest BCUT2D eigenvalue weighted by Gasteiger charge is 2.25. The normalized spacial score (nSPS) is 13.2. The molecule has 10 heteroatoms. The number of nitrogens with one attached hydrogen (secondary N) is 2. The summed E-state index contributed by atoms with van der Waals surface area (Å²) in [5.41, 5.74) is 1.62. The first kappa shape index (κ1) is 23.3. The number of methoxy groups -OCH3 is 1. The van der Waals surface area contributed by atoms with Gasteiger partial charge >= 0.3 is 5.97 Å². The Morgan fingerprint density at radius 3 is 2.74 bits per heavy atom. The zero-order valence-electron chi connectivity index (χ0n) is 19.3. The summed E-state index contributed by atoms with van der Waals surface area (Å²) in [6.45, 7) is 3.75. The Morgan fingerprint density at radius 1 is 1.21 bits per heavy atom. The molecular formula is C24H26FN5O4. The average Bonchev–Trinajstić information content (AvgIpc) is 3.26. The second kappa shape index (κ2) is 9.58. The molecule has 3 heterocycles. The van der Waals surface area contributed by atoms with Crippen molar-refractivity contribution in [3.63, 3.8) is 0 Å². The largest absolute Gasteiger partial charge is 0.465 e. The van der Waals surface area contributed by atoms with Crippen LogP contribution in [0.2, 0.25) is 0 Å². The lowest BCUT2D eigenvalue weighted by molar-refractivity contribution is -0.115. The molecule has 2 aromatic heterocycles. The number of benzene rings is 1. The number of esters is 1. The Hall–Kier alpha value is -3.82. The van der Waals surface area contributed by atoms with Crippen molar-refractivity contribution in [2.24, 2.45) is 0 Å². The van der Waals surface area contributed by atoms with E-state index in [-0.39, 0.29) is 34.8 Å². The smallest absolute Gasteiger partial charge is 0.339 e. The molecule has 0 spiro atoms. The Balaban J connectivity index is 1.59. The lowest BCUT2D eigenvalue weighted by atomic mass is 10.1. The van der Waals surface area contributed by atoms with E-state index in [2.05, 4.69) is 20.5 Å². The summed E-state index contributed by atoms with van der Waals surface area (Å²) in [5.74, 6) is -0.566. The molecule has 0 aliphatic carbocycles. The minimum Gasteiger partial charge on any atom is -0.465 e. The number of ether oxygens (including phenoxy) is 1. The Bertz CT molecular complexity index is 1280. The molecule has 178 valence electrons. The van der Waals surface area contributed by atoms with Crippen molar-refractivity contribution >= 4 is 23.3 Å². The molecule has 9 nitrogen and oxygen atoms in total. The second-order valence-corrected chi connectivity index (χ2v) is 8.35. The number of nitrogens with zero attached hydrogens (tertiary/aromatic N) is 3. The molecule has 1 aromatic carbocycles. The second-order valence-electron chi connectivity index (χ2n) is 8.35. The van der Waals surface area contributed by atoms with E-state index >= 15 is 0 Å². The molecule has 0 saturated heterocycles. The monoisotopic (exact) mass is 467 g/mol. The molecule has 1 amide bonds. The number of rotatable bonds is 6. The van der Waals surface area contributed by atoms with Crippen molar-refractivity contribution < 1.29 is 23.5 Å². The maximum absolute atomic E-state index is 14.6. The number of anilines is 1. The van der Waals surface area contributed by atoms with Crippen LogP contribution in [0.5, 0.6) is 0 Å². The molecule has 3 aromatic rings. The van der Waals surface area contributed by atoms with Crippen molar-refractivity contribution in [1.82, 2.24) is 19.7 Å². The Morgan fingerprint density at radius 2 is 2.00 bits per heavy atom. The zero-order valence-corrected chi connectivity index (χ0v) is 19.3. The highest BCUT2D eigenvalue weighted by molar-refractivity contribution is 6.02. The van der Waals surface area contributed by atoms with Crippen LogP contribution in [0.4, 0.5) is 10.1 Å². The fraction of sp³-hybridized carbons (Fsp3) is 0.375. The lowest BCUT2D eigenvalue weighted by Crippen LogP contribution is -2.18. The van der Waals surface area contributed by atoms with Crippen molar-refractivity contribution in [1.29, 1.82) is 0 Å². The highest BCUT2D eigenvalue weighted by Crippen LogP contribution is 2.27. The number of carbonyl (C=O) groups is 3. The standard InChI is InChI=1S/C24H26FN5O4/c1-13-21(24(33)34-3)18(27-22(13)14(2)31)12-20(32)26-17-11-15(8-9-16(17)25)23-29-28-19-7-5-4-6-10-30(19)23/h8-9,11,27H,4-7,10,12H2,1-3H3,(H,26,32). The summed E-state index contributed by atoms with van der Waals surface area (Å²) in [6.07, 6.45) is 3.76. The molecule has 0 fully saturated rings. The first-order valence-electron chi connectivity index (χ1n) is 11.1. The average molecular weight is 468 g/mol. The molecule has 1 aliphatic rings. The van der Waals surface area contributed by atoms with E-state index in [0.29, 0.717) is 17.0 Å². The summed E-state index contributed by atoms with van der Waals surface area (Å²) >= 11 is 0. The van der Waals surface area contributed by atoms with Crippen molar-refractivity contribution in [2.45, 2.75) is 52.5 Å². The van der Waals surface area contributed by atoms with Crippen molar-refractivity contribution in [3.8, 4) is 11.4 Å². The van der Waals surface area contributed by atoms with Crippen LogP contribution in [0.3, 0.4) is 0 Å². The number of H-pyrrole nitrogens is 1. The van der Waals surface area contributed by atoms with Gasteiger partial charge in [0.05, 0.1) is 30.5 Å². The first-order valence-corrected chi connectivity index (χ1v) is 11.1. The van der Waals surface area contributed by atoms with Gasteiger partial charge in [0.2, 0.25) is 5.91 Å². The van der Waals surface area contributed by atoms with E-state index in [1.54, 1.807) is 13.0 Å². The number of hydrogen-bond donors (Lipinski definition) is 2. The molecule has 0 radical (unpaired) electrons. The van der Waals surface area contributed by atoms with E-state index in [1.807, 2.05) is 4.57 Å². The van der Waals surface area contributed by atoms with Crippen molar-refractivity contribution in [2.75, 3.05) is 12.4 Å². The molecule has 0 unspecified atom stereocenters. The molecule has 0 atom stereocenters. The minimum absolute atomic E-state index is 0.0110. The zero-order chi connectivity index (χ0) is 24.4. The van der Waals surface area contributed by atoms with E-state index in [4.69, 9.17) is 4.74 Å². The maximum atomic E-state index is 14.6. The van der Waals surface area contributed by atoms with Crippen LogP contribution in [-0.2, 0) is 28.9 Å². The molecule has 0 bridgehead atoms. The number of Topliss-reactive ketones (excluding diaryl/α,β-unsaturated/α-hetero) is 1. The van der Waals surface area contributed by atoms with Gasteiger partial charge in [0.25, 0.3) is 0 Å². The Labute approximate surface area is 195 Å². The highest BCUT2D eigenvalue weighted by atomic mass is 19.1. The van der Waals surface area contributed by atoms with Crippen LogP contribution in [0.1, 0.15) is 64.1 Å². The van der Waals surface area contributed by atoms with Gasteiger partial charge in [0, 0.05) is 31.1 Å². The number of fused-ring (bicyclic) bond motifs is 1. The van der Waals surface area contributed by atoms with E-state index < -0.39 is 17.7 Å². The number of aromatic amines is 1. The van der Waals surface area contributed by atoms with E-state index in [1.165, 1.54) is 26.2 Å². The number of aromatic nitrogens is 4. The topological polar surface area (TPSA) is 119 Å². The third-order valence-corrected chi connectivity index (χ3v) is 6.01. The molecule has 2 N–H and O–H groups in total. The summed E-state index contributed by atoms with van der Waals surface area (Å²) in [6, 6.07) is 4.41. The van der Waals surface area contributed by atoms with Gasteiger partial charge in [-0.05, 0) is 43.5 Å². The molecule has 1 aliphatic heterocycles. The van der Waals surface area contributed by atoms with Gasteiger partial charge in [-0.15, -0.1) is 10.2 Å². The maximum Gasteiger partial charge on any atom is 0.339 e. The summed E-state index contributed by atoms with van der Waals surface area (Å²) in [5, 5.41) is 11.1. The third kappa shape index (κ3) is 4.48. The van der Waals surface area contributed by atoms with Gasteiger partial charge in [-0.25, -0.2) is 9.18 Å². The number of ketones is 1.